The summed E-state index contributed by atoms with van der Waals surface area (Å²) in [7, 11) is 1.65. The molecule has 2 nitrogen and oxygen atoms in total. The van der Waals surface area contributed by atoms with Crippen LogP contribution in [0.1, 0.15) is 17.2 Å². The molecule has 11 heavy (non-hydrogen) atoms. The molecule has 58 valence electrons. The number of hydrogen-bond acceptors (Lipinski definition) is 2. The molecule has 0 aromatic heterocycles. The quantitative estimate of drug-likeness (QED) is 0.653. The second kappa shape index (κ2) is 2.24. The number of rotatable bonds is 1. The van der Waals surface area contributed by atoms with E-state index in [0.29, 0.717) is 0 Å². The lowest BCUT2D eigenvalue weighted by Gasteiger charge is -2.27. The van der Waals surface area contributed by atoms with Crippen LogP contribution in [-0.2, 0) is 6.42 Å². The zero-order chi connectivity index (χ0) is 7.84. The first-order chi connectivity index (χ1) is 5.33. The van der Waals surface area contributed by atoms with E-state index >= 15 is 0 Å². The Morgan fingerprint density at radius 2 is 2.36 bits per heavy atom. The van der Waals surface area contributed by atoms with Gasteiger partial charge in [0.1, 0.15) is 5.75 Å². The second-order valence-electron chi connectivity index (χ2n) is 2.75. The third kappa shape index (κ3) is 0.828. The molecule has 0 radical (unpaired) electrons. The first-order valence-corrected chi connectivity index (χ1v) is 3.67. The normalized spacial score (nSPS) is 20.4. The molecule has 0 saturated heterocycles. The van der Waals surface area contributed by atoms with Crippen molar-refractivity contribution in [1.82, 2.24) is 0 Å². The van der Waals surface area contributed by atoms with Crippen LogP contribution in [0.15, 0.2) is 18.2 Å². The van der Waals surface area contributed by atoms with Gasteiger partial charge in [-0.15, -0.1) is 0 Å². The van der Waals surface area contributed by atoms with Gasteiger partial charge < -0.3 is 9.84 Å². The van der Waals surface area contributed by atoms with E-state index in [0.717, 1.165) is 23.3 Å². The highest BCUT2D eigenvalue weighted by atomic mass is 16.5. The Labute approximate surface area is 65.4 Å². The predicted octanol–water partition coefficient (Wildman–Crippen LogP) is 1.28. The monoisotopic (exact) mass is 150 g/mol. The molecule has 1 aliphatic carbocycles. The van der Waals surface area contributed by atoms with Crippen LogP contribution in [0, 0.1) is 0 Å². The molecule has 0 fully saturated rings. The van der Waals surface area contributed by atoms with Crippen molar-refractivity contribution in [2.24, 2.45) is 0 Å². The number of fused-ring (bicyclic) bond motifs is 1. The molecular formula is C9H10O2. The first kappa shape index (κ1) is 6.68. The van der Waals surface area contributed by atoms with Crippen LogP contribution in [-0.4, -0.2) is 12.2 Å². The maximum Gasteiger partial charge on any atom is 0.122 e. The summed E-state index contributed by atoms with van der Waals surface area (Å²) < 4.78 is 5.11. The first-order valence-electron chi connectivity index (χ1n) is 3.67. The van der Waals surface area contributed by atoms with Crippen molar-refractivity contribution in [2.45, 2.75) is 12.5 Å². The van der Waals surface area contributed by atoms with E-state index in [9.17, 15) is 5.11 Å². The Morgan fingerprint density at radius 1 is 1.55 bits per heavy atom. The number of methoxy groups -OCH3 is 1. The minimum absolute atomic E-state index is 0.264. The fourth-order valence-electron chi connectivity index (χ4n) is 1.48. The number of ether oxygens (including phenoxy) is 1. The van der Waals surface area contributed by atoms with Gasteiger partial charge in [-0.25, -0.2) is 0 Å². The molecule has 0 saturated carbocycles. The summed E-state index contributed by atoms with van der Waals surface area (Å²) in [6, 6.07) is 5.76. The van der Waals surface area contributed by atoms with Crippen molar-refractivity contribution >= 4 is 0 Å². The maximum atomic E-state index is 9.26. The van der Waals surface area contributed by atoms with E-state index in [1.54, 1.807) is 7.11 Å². The second-order valence-corrected chi connectivity index (χ2v) is 2.75. The molecule has 1 aromatic rings. The molecule has 0 heterocycles. The summed E-state index contributed by atoms with van der Waals surface area (Å²) in [5.74, 6) is 0.896. The molecule has 1 atom stereocenters. The van der Waals surface area contributed by atoms with Gasteiger partial charge in [-0.3, -0.25) is 0 Å². The topological polar surface area (TPSA) is 29.5 Å². The van der Waals surface area contributed by atoms with Crippen molar-refractivity contribution < 1.29 is 9.84 Å². The van der Waals surface area contributed by atoms with Crippen LogP contribution in [0.5, 0.6) is 5.75 Å². The van der Waals surface area contributed by atoms with Gasteiger partial charge in [0.2, 0.25) is 0 Å². The zero-order valence-electron chi connectivity index (χ0n) is 6.37. The average molecular weight is 150 g/mol. The fourth-order valence-corrected chi connectivity index (χ4v) is 1.48. The maximum absolute atomic E-state index is 9.26. The Balaban J connectivity index is 2.47. The average Bonchev–Trinajstić information content (AvgIpc) is 2.03. The fraction of sp³-hybridized carbons (Fsp3) is 0.333. The highest BCUT2D eigenvalue weighted by Crippen LogP contribution is 2.38. The zero-order valence-corrected chi connectivity index (χ0v) is 6.37. The summed E-state index contributed by atoms with van der Waals surface area (Å²) in [6.07, 6.45) is 0.472. The van der Waals surface area contributed by atoms with Crippen LogP contribution in [0.2, 0.25) is 0 Å². The highest BCUT2D eigenvalue weighted by molar-refractivity contribution is 5.47. The molecule has 2 rings (SSSR count). The van der Waals surface area contributed by atoms with Gasteiger partial charge in [0, 0.05) is 12.0 Å². The molecule has 2 heteroatoms. The Bertz CT molecular complexity index is 267. The van der Waals surface area contributed by atoms with Gasteiger partial charge in [0.15, 0.2) is 0 Å². The van der Waals surface area contributed by atoms with Crippen molar-refractivity contribution in [3.8, 4) is 5.75 Å². The molecule has 1 unspecified atom stereocenters. The summed E-state index contributed by atoms with van der Waals surface area (Å²) >= 11 is 0. The highest BCUT2D eigenvalue weighted by Gasteiger charge is 2.26. The third-order valence-corrected chi connectivity index (χ3v) is 2.15. The minimum atomic E-state index is -0.264. The minimum Gasteiger partial charge on any atom is -0.496 e. The standard InChI is InChI=1S/C9H10O2/c1-11-9-4-2-3-6-7(9)5-8(6)10/h2-4,8,10H,5H2,1H3. The molecule has 0 spiro atoms. The van der Waals surface area contributed by atoms with Crippen LogP contribution in [0.4, 0.5) is 0 Å². The Hall–Kier alpha value is -1.02. The van der Waals surface area contributed by atoms with E-state index in [-0.39, 0.29) is 6.10 Å². The van der Waals surface area contributed by atoms with Crippen LogP contribution < -0.4 is 4.74 Å². The van der Waals surface area contributed by atoms with E-state index in [2.05, 4.69) is 0 Å². The predicted molar refractivity (Wildman–Crippen MR) is 41.7 cm³/mol. The van der Waals surface area contributed by atoms with E-state index in [1.807, 2.05) is 18.2 Å². The van der Waals surface area contributed by atoms with Gasteiger partial charge in [-0.05, 0) is 11.6 Å². The van der Waals surface area contributed by atoms with E-state index in [1.165, 1.54) is 0 Å². The molecule has 0 amide bonds. The summed E-state index contributed by atoms with van der Waals surface area (Å²) in [6.45, 7) is 0. The lowest BCUT2D eigenvalue weighted by Crippen LogP contribution is -2.17. The van der Waals surface area contributed by atoms with Crippen molar-refractivity contribution in [3.63, 3.8) is 0 Å². The van der Waals surface area contributed by atoms with E-state index in [4.69, 9.17) is 4.74 Å². The lowest BCUT2D eigenvalue weighted by atomic mass is 9.85. The summed E-state index contributed by atoms with van der Waals surface area (Å²) in [4.78, 5) is 0. The van der Waals surface area contributed by atoms with E-state index < -0.39 is 0 Å². The van der Waals surface area contributed by atoms with Gasteiger partial charge in [0.05, 0.1) is 13.2 Å². The molecule has 1 N–H and O–H groups in total. The van der Waals surface area contributed by atoms with Gasteiger partial charge in [-0.1, -0.05) is 12.1 Å². The third-order valence-electron chi connectivity index (χ3n) is 2.15. The van der Waals surface area contributed by atoms with Gasteiger partial charge in [-0.2, -0.15) is 0 Å². The molecular weight excluding hydrogens is 140 g/mol. The number of aliphatic hydroxyl groups excluding tert-OH is 1. The smallest absolute Gasteiger partial charge is 0.122 e. The summed E-state index contributed by atoms with van der Waals surface area (Å²) in [5.41, 5.74) is 2.17. The number of aliphatic hydroxyl groups is 1. The number of benzene rings is 1. The Kier molecular flexibility index (Phi) is 1.36. The number of hydrogen-bond donors (Lipinski definition) is 1. The van der Waals surface area contributed by atoms with Crippen molar-refractivity contribution in [1.29, 1.82) is 0 Å². The Morgan fingerprint density at radius 3 is 3.00 bits per heavy atom. The molecule has 1 aromatic carbocycles. The largest absolute Gasteiger partial charge is 0.496 e. The van der Waals surface area contributed by atoms with Crippen LogP contribution >= 0.6 is 0 Å². The van der Waals surface area contributed by atoms with Crippen LogP contribution in [0.3, 0.4) is 0 Å². The summed E-state index contributed by atoms with van der Waals surface area (Å²) in [5, 5.41) is 9.26. The molecule has 0 bridgehead atoms. The molecule has 0 aliphatic heterocycles. The SMILES string of the molecule is COc1cccc2c1CC2O. The van der Waals surface area contributed by atoms with Crippen molar-refractivity contribution in [3.05, 3.63) is 29.3 Å². The van der Waals surface area contributed by atoms with Gasteiger partial charge in [0.25, 0.3) is 0 Å². The van der Waals surface area contributed by atoms with Crippen molar-refractivity contribution in [2.75, 3.05) is 7.11 Å². The van der Waals surface area contributed by atoms with Gasteiger partial charge >= 0.3 is 0 Å². The lowest BCUT2D eigenvalue weighted by molar-refractivity contribution is 0.151. The molecule has 1 aliphatic rings. The van der Waals surface area contributed by atoms with Crippen LogP contribution in [0.25, 0.3) is 0 Å².